The molecule has 1 N–H and O–H groups in total. The summed E-state index contributed by atoms with van der Waals surface area (Å²) >= 11 is 3.94. The largest absolute Gasteiger partial charge is 0.314 e. The third kappa shape index (κ3) is 2.79. The van der Waals surface area contributed by atoms with Gasteiger partial charge in [-0.25, -0.2) is 4.98 Å². The minimum absolute atomic E-state index is 0.704. The maximum atomic E-state index is 4.77. The molecule has 1 atom stereocenters. The Morgan fingerprint density at radius 1 is 1.38 bits per heavy atom. The Bertz CT molecular complexity index is 341. The number of hydrogen-bond donors (Lipinski definition) is 1. The molecule has 0 radical (unpaired) electrons. The van der Waals surface area contributed by atoms with Crippen molar-refractivity contribution in [3.63, 3.8) is 0 Å². The van der Waals surface area contributed by atoms with Gasteiger partial charge < -0.3 is 5.32 Å². The van der Waals surface area contributed by atoms with Gasteiger partial charge in [-0.15, -0.1) is 11.3 Å². The molecule has 0 aromatic carbocycles. The topological polar surface area (TPSA) is 24.9 Å². The lowest BCUT2D eigenvalue weighted by Gasteiger charge is -2.02. The molecule has 0 spiro atoms. The van der Waals surface area contributed by atoms with Crippen LogP contribution in [0.15, 0.2) is 5.38 Å². The summed E-state index contributed by atoms with van der Waals surface area (Å²) in [7, 11) is 0. The van der Waals surface area contributed by atoms with E-state index in [1.54, 1.807) is 0 Å². The summed E-state index contributed by atoms with van der Waals surface area (Å²) in [5.74, 6) is 1.32. The lowest BCUT2D eigenvalue weighted by molar-refractivity contribution is 0.675. The van der Waals surface area contributed by atoms with Crippen molar-refractivity contribution in [2.24, 2.45) is 0 Å². The molecule has 1 aliphatic carbocycles. The molecule has 0 amide bonds. The molecular weight excluding hydrogens is 236 g/mol. The molecule has 4 heteroatoms. The van der Waals surface area contributed by atoms with Crippen molar-refractivity contribution < 1.29 is 0 Å². The highest BCUT2D eigenvalue weighted by Crippen LogP contribution is 2.40. The fraction of sp³-hybridized carbons (Fsp3) is 0.750. The van der Waals surface area contributed by atoms with Crippen molar-refractivity contribution in [2.75, 3.05) is 12.3 Å². The molecule has 0 bridgehead atoms. The Morgan fingerprint density at radius 3 is 3.06 bits per heavy atom. The maximum absolute atomic E-state index is 4.77. The summed E-state index contributed by atoms with van der Waals surface area (Å²) in [5.41, 5.74) is 1.29. The van der Waals surface area contributed by atoms with Crippen LogP contribution in [0, 0.1) is 0 Å². The zero-order chi connectivity index (χ0) is 10.8. The van der Waals surface area contributed by atoms with Gasteiger partial charge in [0.1, 0.15) is 5.01 Å². The van der Waals surface area contributed by atoms with Gasteiger partial charge in [0, 0.05) is 24.4 Å². The van der Waals surface area contributed by atoms with Crippen molar-refractivity contribution in [2.45, 2.75) is 43.4 Å². The highest BCUT2D eigenvalue weighted by molar-refractivity contribution is 7.99. The van der Waals surface area contributed by atoms with E-state index in [4.69, 9.17) is 4.98 Å². The van der Waals surface area contributed by atoms with E-state index in [2.05, 4.69) is 22.5 Å². The lowest BCUT2D eigenvalue weighted by atomic mass is 10.2. The number of thioether (sulfide) groups is 1. The normalized spacial score (nSPS) is 25.1. The summed E-state index contributed by atoms with van der Waals surface area (Å²) in [6.07, 6.45) is 6.55. The number of nitrogens with zero attached hydrogens (tertiary/aromatic N) is 1. The Labute approximate surface area is 105 Å². The van der Waals surface area contributed by atoms with Crippen LogP contribution < -0.4 is 5.32 Å². The van der Waals surface area contributed by atoms with Crippen LogP contribution in [0.1, 0.15) is 41.6 Å². The highest BCUT2D eigenvalue weighted by Gasteiger charge is 2.21. The number of aromatic nitrogens is 1. The molecule has 2 aliphatic rings. The first-order valence-electron chi connectivity index (χ1n) is 6.21. The van der Waals surface area contributed by atoms with E-state index < -0.39 is 0 Å². The zero-order valence-electron chi connectivity index (χ0n) is 9.45. The molecule has 2 heterocycles. The molecule has 2 fully saturated rings. The number of rotatable bonds is 5. The first-order valence-corrected chi connectivity index (χ1v) is 8.14. The Balaban J connectivity index is 1.50. The van der Waals surface area contributed by atoms with Crippen LogP contribution in [0.25, 0.3) is 0 Å². The quantitative estimate of drug-likeness (QED) is 0.874. The molecule has 1 aliphatic heterocycles. The molecule has 3 rings (SSSR count). The van der Waals surface area contributed by atoms with Crippen LogP contribution in [-0.4, -0.2) is 23.3 Å². The Kier molecular flexibility index (Phi) is 3.50. The smallest absolute Gasteiger partial charge is 0.106 e. The molecular formula is C12H18N2S2. The van der Waals surface area contributed by atoms with Gasteiger partial charge >= 0.3 is 0 Å². The van der Waals surface area contributed by atoms with E-state index in [0.717, 1.165) is 19.0 Å². The van der Waals surface area contributed by atoms with Crippen LogP contribution in [0.2, 0.25) is 0 Å². The van der Waals surface area contributed by atoms with Crippen molar-refractivity contribution in [3.8, 4) is 0 Å². The maximum Gasteiger partial charge on any atom is 0.106 e. The summed E-state index contributed by atoms with van der Waals surface area (Å²) in [6.45, 7) is 1.10. The van der Waals surface area contributed by atoms with Gasteiger partial charge in [-0.2, -0.15) is 11.8 Å². The van der Waals surface area contributed by atoms with E-state index in [-0.39, 0.29) is 0 Å². The average Bonchev–Trinajstić information content (AvgIpc) is 2.83. The molecule has 2 nitrogen and oxygen atoms in total. The molecule has 1 aromatic heterocycles. The van der Waals surface area contributed by atoms with Gasteiger partial charge in [0.05, 0.1) is 10.9 Å². The summed E-state index contributed by atoms with van der Waals surface area (Å²) in [5, 5.41) is 7.86. The fourth-order valence-electron chi connectivity index (χ4n) is 2.05. The van der Waals surface area contributed by atoms with Crippen molar-refractivity contribution in [1.82, 2.24) is 10.3 Å². The van der Waals surface area contributed by atoms with E-state index >= 15 is 0 Å². The SMILES string of the molecule is c1sc(C2CCCS2)nc1CCNC1CC1. The minimum atomic E-state index is 0.704. The second-order valence-corrected chi connectivity index (χ2v) is 6.86. The molecule has 88 valence electrons. The average molecular weight is 254 g/mol. The van der Waals surface area contributed by atoms with Gasteiger partial charge in [0.25, 0.3) is 0 Å². The molecule has 1 saturated carbocycles. The predicted octanol–water partition coefficient (Wildman–Crippen LogP) is 3.01. The first kappa shape index (κ1) is 11.1. The van der Waals surface area contributed by atoms with E-state index in [9.17, 15) is 0 Å². The summed E-state index contributed by atoms with van der Waals surface area (Å²) in [6, 6.07) is 0.823. The van der Waals surface area contributed by atoms with Crippen molar-refractivity contribution in [3.05, 3.63) is 16.1 Å². The second-order valence-electron chi connectivity index (χ2n) is 4.66. The van der Waals surface area contributed by atoms with Gasteiger partial charge in [-0.05, 0) is 31.4 Å². The Morgan fingerprint density at radius 2 is 2.31 bits per heavy atom. The second kappa shape index (κ2) is 5.07. The number of hydrogen-bond acceptors (Lipinski definition) is 4. The molecule has 1 aromatic rings. The fourth-order valence-corrected chi connectivity index (χ4v) is 4.43. The van der Waals surface area contributed by atoms with Crippen molar-refractivity contribution in [1.29, 1.82) is 0 Å². The van der Waals surface area contributed by atoms with Crippen LogP contribution >= 0.6 is 23.1 Å². The van der Waals surface area contributed by atoms with Gasteiger partial charge in [0.15, 0.2) is 0 Å². The highest BCUT2D eigenvalue weighted by atomic mass is 32.2. The molecule has 1 saturated heterocycles. The van der Waals surface area contributed by atoms with Crippen LogP contribution in [0.5, 0.6) is 0 Å². The van der Waals surface area contributed by atoms with Gasteiger partial charge in [0.2, 0.25) is 0 Å². The van der Waals surface area contributed by atoms with Crippen LogP contribution in [0.4, 0.5) is 0 Å². The lowest BCUT2D eigenvalue weighted by Crippen LogP contribution is -2.19. The van der Waals surface area contributed by atoms with E-state index in [1.165, 1.54) is 42.1 Å². The van der Waals surface area contributed by atoms with Gasteiger partial charge in [-0.1, -0.05) is 0 Å². The summed E-state index contributed by atoms with van der Waals surface area (Å²) < 4.78 is 0. The minimum Gasteiger partial charge on any atom is -0.314 e. The standard InChI is InChI=1S/C12H18N2S2/c1-2-11(15-7-1)12-14-10(8-16-12)5-6-13-9-3-4-9/h8-9,11,13H,1-7H2. The van der Waals surface area contributed by atoms with Crippen molar-refractivity contribution >= 4 is 23.1 Å². The monoisotopic (exact) mass is 254 g/mol. The third-order valence-electron chi connectivity index (χ3n) is 3.17. The Hall–Kier alpha value is -0.0600. The molecule has 16 heavy (non-hydrogen) atoms. The van der Waals surface area contributed by atoms with E-state index in [1.807, 2.05) is 11.3 Å². The predicted molar refractivity (Wildman–Crippen MR) is 71.3 cm³/mol. The van der Waals surface area contributed by atoms with Crippen LogP contribution in [0.3, 0.4) is 0 Å². The molecule has 1 unspecified atom stereocenters. The van der Waals surface area contributed by atoms with Gasteiger partial charge in [-0.3, -0.25) is 0 Å². The van der Waals surface area contributed by atoms with Crippen LogP contribution in [-0.2, 0) is 6.42 Å². The third-order valence-corrected chi connectivity index (χ3v) is 5.71. The van der Waals surface area contributed by atoms with E-state index in [0.29, 0.717) is 5.25 Å². The zero-order valence-corrected chi connectivity index (χ0v) is 11.1. The number of thiazole rings is 1. The number of nitrogens with one attached hydrogen (secondary N) is 1. The first-order chi connectivity index (χ1) is 7.92. The summed E-state index contributed by atoms with van der Waals surface area (Å²) in [4.78, 5) is 4.77.